The highest BCUT2D eigenvalue weighted by Crippen LogP contribution is 2.76. The molecule has 0 amide bonds. The molecule has 0 bridgehead atoms. The summed E-state index contributed by atoms with van der Waals surface area (Å²) in [7, 11) is 0. The van der Waals surface area contributed by atoms with E-state index in [0.29, 0.717) is 32.1 Å². The lowest BCUT2D eigenvalue weighted by atomic mass is 9.35. The molecule has 4 aliphatic carbocycles. The predicted molar refractivity (Wildman–Crippen MR) is 243 cm³/mol. The third kappa shape index (κ3) is 9.75. The van der Waals surface area contributed by atoms with Gasteiger partial charge in [0.2, 0.25) is 0 Å². The lowest BCUT2D eigenvalue weighted by Gasteiger charge is -2.71. The molecule has 0 aromatic rings. The van der Waals surface area contributed by atoms with Crippen molar-refractivity contribution in [3.63, 3.8) is 0 Å². The van der Waals surface area contributed by atoms with E-state index >= 15 is 0 Å². The zero-order valence-corrected chi connectivity index (χ0v) is 41.9. The summed E-state index contributed by atoms with van der Waals surface area (Å²) in [5.41, 5.74) is -1.23. The smallest absolute Gasteiger partial charge is 0.302 e. The first kappa shape index (κ1) is 55.3. The second-order valence-corrected chi connectivity index (χ2v) is 23.5. The number of allylic oxidation sites excluding steroid dienone is 2. The maximum Gasteiger partial charge on any atom is 0.302 e. The Labute approximate surface area is 406 Å². The molecular formula is C50H84O19. The fourth-order valence-electron chi connectivity index (χ4n) is 15.1. The van der Waals surface area contributed by atoms with Crippen molar-refractivity contribution in [2.45, 2.75) is 230 Å². The van der Waals surface area contributed by atoms with Crippen molar-refractivity contribution >= 4 is 5.97 Å². The molecule has 7 aliphatic rings. The van der Waals surface area contributed by atoms with E-state index in [2.05, 4.69) is 40.7 Å². The molecule has 7 rings (SSSR count). The van der Waals surface area contributed by atoms with Gasteiger partial charge in [-0.15, -0.1) is 0 Å². The number of rotatable bonds is 14. The van der Waals surface area contributed by atoms with Crippen LogP contribution in [0.3, 0.4) is 0 Å². The Balaban J connectivity index is 1.14. The molecule has 7 fully saturated rings. The molecule has 25 atom stereocenters. The molecule has 11 N–H and O–H groups in total. The van der Waals surface area contributed by atoms with Crippen LogP contribution in [0.2, 0.25) is 0 Å². The second-order valence-electron chi connectivity index (χ2n) is 23.5. The number of hydrogen-bond donors (Lipinski definition) is 11. The van der Waals surface area contributed by atoms with Gasteiger partial charge in [0.1, 0.15) is 79.9 Å². The van der Waals surface area contributed by atoms with Crippen LogP contribution in [-0.2, 0) is 38.0 Å². The Morgan fingerprint density at radius 2 is 1.22 bits per heavy atom. The molecule has 0 aromatic carbocycles. The van der Waals surface area contributed by atoms with E-state index in [1.807, 2.05) is 20.8 Å². The van der Waals surface area contributed by atoms with E-state index in [-0.39, 0.29) is 39.9 Å². The standard InChI is InChI=1S/C50H84O19/c1-23(2)11-10-15-50(9,69-44-41(62)38(59)35(56)28(21-52)65-44)25-12-17-49(8)33(25)26(54)19-31-47(6)16-14-32(46(4,5)30(47)13-18-48(31,49)7)67-45-42(39(60)36(57)29(66-45)22-63-24(3)53)68-43-40(61)37(58)34(55)27(20-51)64-43/h11,25-45,51-52,54-62H,10,12-22H2,1-9H3/t25-,26+,27-,28-,29+,30+,31+,32-,33-,34-,35-,36+,37+,38+,39-,40-,41-,42+,43+,44+,45+,47-,48+,49+,50-/m0/s1. The van der Waals surface area contributed by atoms with E-state index in [4.69, 9.17) is 33.2 Å². The van der Waals surface area contributed by atoms with Gasteiger partial charge in [-0.05, 0) is 124 Å². The average Bonchev–Trinajstić information content (AvgIpc) is 3.67. The molecule has 0 aromatic heterocycles. The van der Waals surface area contributed by atoms with Crippen LogP contribution in [-0.4, -0.2) is 192 Å². The summed E-state index contributed by atoms with van der Waals surface area (Å²) in [6.45, 7) is 16.9. The van der Waals surface area contributed by atoms with Crippen molar-refractivity contribution in [3.05, 3.63) is 11.6 Å². The van der Waals surface area contributed by atoms with Crippen molar-refractivity contribution in [1.82, 2.24) is 0 Å². The predicted octanol–water partition coefficient (Wildman–Crippen LogP) is 0.544. The number of carbonyl (C=O) groups excluding carboxylic acids is 1. The van der Waals surface area contributed by atoms with E-state index in [1.165, 1.54) is 6.92 Å². The molecule has 19 heteroatoms. The minimum absolute atomic E-state index is 0.0657. The van der Waals surface area contributed by atoms with Crippen molar-refractivity contribution in [2.24, 2.45) is 45.3 Å². The highest BCUT2D eigenvalue weighted by Gasteiger charge is 2.72. The number of fused-ring (bicyclic) bond motifs is 5. The Kier molecular flexibility index (Phi) is 16.6. The van der Waals surface area contributed by atoms with Gasteiger partial charge in [-0.3, -0.25) is 4.79 Å². The SMILES string of the molecule is CC(=O)OC[C@H]1O[C@H](O[C@H]2CC[C@@]3(C)[C@H](CC[C@]4(C)[C@@H]3C[C@@H](O)[C@@H]3[C@@H]([C@](C)(CCC=C(C)C)O[C@H]5O[C@@H](CO)[C@H](O)[C@@H](O)[C@@H]5O)CC[C@]34C)C2(C)C)[C@H](O[C@H]2O[C@@H](CO)[C@H](O)[C@@H](O)[C@@H]2O)[C@@H](O)[C@@H]1O. The van der Waals surface area contributed by atoms with Crippen LogP contribution in [0.1, 0.15) is 120 Å². The molecule has 0 radical (unpaired) electrons. The van der Waals surface area contributed by atoms with Gasteiger partial charge in [-0.25, -0.2) is 0 Å². The summed E-state index contributed by atoms with van der Waals surface area (Å²) in [4.78, 5) is 11.8. The Morgan fingerprint density at radius 1 is 0.652 bits per heavy atom. The maximum absolute atomic E-state index is 12.7. The highest BCUT2D eigenvalue weighted by atomic mass is 16.8. The normalized spacial score (nSPS) is 50.5. The number of ether oxygens (including phenoxy) is 7. The molecule has 3 heterocycles. The van der Waals surface area contributed by atoms with Crippen molar-refractivity contribution in [2.75, 3.05) is 19.8 Å². The van der Waals surface area contributed by atoms with Gasteiger partial charge >= 0.3 is 5.97 Å². The largest absolute Gasteiger partial charge is 0.463 e. The fourth-order valence-corrected chi connectivity index (χ4v) is 15.1. The lowest BCUT2D eigenvalue weighted by Crippen LogP contribution is -2.68. The van der Waals surface area contributed by atoms with Crippen LogP contribution < -0.4 is 0 Å². The zero-order chi connectivity index (χ0) is 50.9. The summed E-state index contributed by atoms with van der Waals surface area (Å²) in [5, 5.41) is 120. The monoisotopic (exact) mass is 989 g/mol. The first-order chi connectivity index (χ1) is 32.2. The number of esters is 1. The van der Waals surface area contributed by atoms with E-state index < -0.39 is 141 Å². The number of aliphatic hydroxyl groups excluding tert-OH is 11. The van der Waals surface area contributed by atoms with Crippen LogP contribution in [0, 0.1) is 45.3 Å². The second kappa shape index (κ2) is 20.7. The quantitative estimate of drug-likeness (QED) is 0.0643. The summed E-state index contributed by atoms with van der Waals surface area (Å²) in [6, 6.07) is 0. The molecule has 0 spiro atoms. The topological polar surface area (TPSA) is 304 Å². The number of hydrogen-bond acceptors (Lipinski definition) is 19. The Hall–Kier alpha value is -1.47. The van der Waals surface area contributed by atoms with Gasteiger partial charge < -0.3 is 89.3 Å². The molecule has 3 aliphatic heterocycles. The van der Waals surface area contributed by atoms with E-state index in [1.54, 1.807) is 0 Å². The minimum atomic E-state index is -1.82. The van der Waals surface area contributed by atoms with Crippen LogP contribution in [0.4, 0.5) is 0 Å². The Bertz CT molecular complexity index is 1790. The molecule has 398 valence electrons. The van der Waals surface area contributed by atoms with Crippen LogP contribution in [0.5, 0.6) is 0 Å². The fraction of sp³-hybridized carbons (Fsp3) is 0.940. The van der Waals surface area contributed by atoms with Gasteiger partial charge in [0.15, 0.2) is 18.9 Å². The van der Waals surface area contributed by atoms with Gasteiger partial charge in [0.25, 0.3) is 0 Å². The van der Waals surface area contributed by atoms with E-state index in [0.717, 1.165) is 31.3 Å². The van der Waals surface area contributed by atoms with Crippen molar-refractivity contribution in [3.8, 4) is 0 Å². The van der Waals surface area contributed by atoms with Gasteiger partial charge in [0, 0.05) is 6.92 Å². The highest BCUT2D eigenvalue weighted by molar-refractivity contribution is 5.65. The van der Waals surface area contributed by atoms with Gasteiger partial charge in [-0.1, -0.05) is 46.3 Å². The zero-order valence-electron chi connectivity index (χ0n) is 41.9. The van der Waals surface area contributed by atoms with Crippen LogP contribution in [0.25, 0.3) is 0 Å². The molecule has 69 heavy (non-hydrogen) atoms. The summed E-state index contributed by atoms with van der Waals surface area (Å²) >= 11 is 0. The van der Waals surface area contributed by atoms with Gasteiger partial charge in [0.05, 0.1) is 31.0 Å². The third-order valence-corrected chi connectivity index (χ3v) is 19.1. The number of carbonyl (C=O) groups is 1. The summed E-state index contributed by atoms with van der Waals surface area (Å²) in [5.74, 6) is -0.854. The van der Waals surface area contributed by atoms with Crippen molar-refractivity contribution < 1.29 is 94.1 Å². The molecule has 3 saturated heterocycles. The maximum atomic E-state index is 12.7. The summed E-state index contributed by atoms with van der Waals surface area (Å²) < 4.78 is 42.7. The minimum Gasteiger partial charge on any atom is -0.463 e. The van der Waals surface area contributed by atoms with Crippen LogP contribution >= 0.6 is 0 Å². The average molecular weight is 989 g/mol. The van der Waals surface area contributed by atoms with Crippen molar-refractivity contribution in [1.29, 1.82) is 0 Å². The molecule has 4 saturated carbocycles. The van der Waals surface area contributed by atoms with E-state index in [9.17, 15) is 61.0 Å². The van der Waals surface area contributed by atoms with Crippen LogP contribution in [0.15, 0.2) is 11.6 Å². The lowest BCUT2D eigenvalue weighted by molar-refractivity contribution is -0.378. The molecular weight excluding hydrogens is 905 g/mol. The van der Waals surface area contributed by atoms with Gasteiger partial charge in [-0.2, -0.15) is 0 Å². The Morgan fingerprint density at radius 3 is 1.81 bits per heavy atom. The first-order valence-electron chi connectivity index (χ1n) is 25.3. The number of aliphatic hydroxyl groups is 11. The third-order valence-electron chi connectivity index (χ3n) is 19.1. The molecule has 19 nitrogen and oxygen atoms in total. The first-order valence-corrected chi connectivity index (χ1v) is 25.3. The molecule has 0 unspecified atom stereocenters. The summed E-state index contributed by atoms with van der Waals surface area (Å²) in [6.07, 6.45) is -15.9.